The maximum atomic E-state index is 11.1. The second-order valence-electron chi connectivity index (χ2n) is 2.22. The number of benzene rings is 1. The predicted octanol–water partition coefficient (Wildman–Crippen LogP) is 2.20. The molecule has 0 fully saturated rings. The minimum Gasteiger partial charge on any atom is -0.268 e. The van der Waals surface area contributed by atoms with Crippen molar-refractivity contribution in [1.29, 1.82) is 5.26 Å². The number of carbonyl (C=O) groups excluding carboxylic acids is 1. The van der Waals surface area contributed by atoms with Crippen LogP contribution in [0.25, 0.3) is 0 Å². The van der Waals surface area contributed by atoms with Crippen LogP contribution in [0.5, 0.6) is 0 Å². The van der Waals surface area contributed by atoms with Gasteiger partial charge in [0.05, 0.1) is 0 Å². The van der Waals surface area contributed by atoms with E-state index in [9.17, 15) is 4.79 Å². The Bertz CT molecular complexity index is 364. The number of carbonyl (C=O) groups is 1. The van der Waals surface area contributed by atoms with Crippen LogP contribution in [0.15, 0.2) is 18.2 Å². The van der Waals surface area contributed by atoms with Gasteiger partial charge in [0.15, 0.2) is 6.19 Å². The number of hydrogen-bond acceptors (Lipinski definition) is 2. The fraction of sp³-hybridized carbons (Fsp3) is 0. The number of rotatable bonds is 1. The molecule has 0 saturated heterocycles. The Morgan fingerprint density at radius 2 is 1.85 bits per heavy atom. The van der Waals surface area contributed by atoms with Crippen molar-refractivity contribution >= 4 is 29.1 Å². The summed E-state index contributed by atoms with van der Waals surface area (Å²) in [4.78, 5) is 11.1. The summed E-state index contributed by atoms with van der Waals surface area (Å²) in [7, 11) is 0. The third-order valence-corrected chi connectivity index (χ3v) is 1.73. The zero-order valence-electron chi connectivity index (χ0n) is 6.34. The van der Waals surface area contributed by atoms with Gasteiger partial charge in [0.25, 0.3) is 5.91 Å². The van der Waals surface area contributed by atoms with Crippen molar-refractivity contribution in [1.82, 2.24) is 5.32 Å². The quantitative estimate of drug-likeness (QED) is 0.576. The first-order valence-electron chi connectivity index (χ1n) is 3.29. The molecule has 0 saturated carbocycles. The normalized spacial score (nSPS) is 9.00. The van der Waals surface area contributed by atoms with Gasteiger partial charge in [0, 0.05) is 15.6 Å². The summed E-state index contributed by atoms with van der Waals surface area (Å²) in [6, 6.07) is 4.37. The molecular formula is C8H4Cl2N2O. The molecule has 13 heavy (non-hydrogen) atoms. The highest BCUT2D eigenvalue weighted by molar-refractivity contribution is 6.35. The second kappa shape index (κ2) is 4.13. The highest BCUT2D eigenvalue weighted by atomic mass is 35.5. The van der Waals surface area contributed by atoms with E-state index in [1.807, 2.05) is 5.32 Å². The Labute approximate surface area is 84.9 Å². The van der Waals surface area contributed by atoms with Crippen LogP contribution < -0.4 is 5.32 Å². The minimum absolute atomic E-state index is 0.263. The van der Waals surface area contributed by atoms with Crippen molar-refractivity contribution in [2.45, 2.75) is 0 Å². The standard InChI is InChI=1S/C8H4Cl2N2O/c9-6-1-5(2-7(10)3-6)8(13)12-4-11/h1-3H,(H,12,13). The smallest absolute Gasteiger partial charge is 0.264 e. The van der Waals surface area contributed by atoms with Gasteiger partial charge < -0.3 is 0 Å². The zero-order chi connectivity index (χ0) is 9.84. The van der Waals surface area contributed by atoms with Crippen molar-refractivity contribution < 1.29 is 4.79 Å². The second-order valence-corrected chi connectivity index (χ2v) is 3.10. The summed E-state index contributed by atoms with van der Waals surface area (Å²) in [5, 5.41) is 10.9. The topological polar surface area (TPSA) is 52.9 Å². The number of nitriles is 1. The van der Waals surface area contributed by atoms with E-state index < -0.39 is 5.91 Å². The largest absolute Gasteiger partial charge is 0.268 e. The van der Waals surface area contributed by atoms with Gasteiger partial charge in [-0.05, 0) is 18.2 Å². The number of halogens is 2. The molecule has 0 radical (unpaired) electrons. The van der Waals surface area contributed by atoms with Crippen LogP contribution in [-0.2, 0) is 0 Å². The van der Waals surface area contributed by atoms with Crippen molar-refractivity contribution in [3.63, 3.8) is 0 Å². The Hall–Kier alpha value is -1.24. The maximum Gasteiger partial charge on any atom is 0.264 e. The van der Waals surface area contributed by atoms with Gasteiger partial charge in [-0.3, -0.25) is 10.1 Å². The van der Waals surface area contributed by atoms with Gasteiger partial charge in [-0.2, -0.15) is 5.26 Å². The Kier molecular flexibility index (Phi) is 3.13. The zero-order valence-corrected chi connectivity index (χ0v) is 7.86. The lowest BCUT2D eigenvalue weighted by molar-refractivity contribution is 0.0973. The SMILES string of the molecule is N#CNC(=O)c1cc(Cl)cc(Cl)c1. The van der Waals surface area contributed by atoms with Crippen LogP contribution in [-0.4, -0.2) is 5.91 Å². The van der Waals surface area contributed by atoms with Crippen LogP contribution >= 0.6 is 23.2 Å². The molecular weight excluding hydrogens is 211 g/mol. The molecule has 0 aliphatic rings. The van der Waals surface area contributed by atoms with Gasteiger partial charge in [0.2, 0.25) is 0 Å². The van der Waals surface area contributed by atoms with E-state index in [0.717, 1.165) is 0 Å². The molecule has 1 rings (SSSR count). The molecule has 0 atom stereocenters. The van der Waals surface area contributed by atoms with Gasteiger partial charge in [0.1, 0.15) is 0 Å². The van der Waals surface area contributed by atoms with Crippen LogP contribution in [0.3, 0.4) is 0 Å². The van der Waals surface area contributed by atoms with Crippen molar-refractivity contribution in [2.24, 2.45) is 0 Å². The van der Waals surface area contributed by atoms with Gasteiger partial charge in [-0.15, -0.1) is 0 Å². The fourth-order valence-corrected chi connectivity index (χ4v) is 1.33. The first kappa shape index (κ1) is 9.85. The van der Waals surface area contributed by atoms with Crippen LogP contribution in [0.4, 0.5) is 0 Å². The van der Waals surface area contributed by atoms with Crippen molar-refractivity contribution in [3.05, 3.63) is 33.8 Å². The Morgan fingerprint density at radius 1 is 1.31 bits per heavy atom. The molecule has 0 aliphatic carbocycles. The summed E-state index contributed by atoms with van der Waals surface area (Å²) in [5.74, 6) is -0.521. The summed E-state index contributed by atoms with van der Waals surface area (Å²) >= 11 is 11.3. The van der Waals surface area contributed by atoms with Crippen molar-refractivity contribution in [2.75, 3.05) is 0 Å². The lowest BCUT2D eigenvalue weighted by Gasteiger charge is -1.99. The average Bonchev–Trinajstić information content (AvgIpc) is 2.03. The predicted molar refractivity (Wildman–Crippen MR) is 49.5 cm³/mol. The fourth-order valence-electron chi connectivity index (χ4n) is 0.808. The maximum absolute atomic E-state index is 11.1. The molecule has 0 unspecified atom stereocenters. The molecule has 3 nitrogen and oxygen atoms in total. The summed E-state index contributed by atoms with van der Waals surface area (Å²) in [6.45, 7) is 0. The molecule has 1 aromatic rings. The lowest BCUT2D eigenvalue weighted by Crippen LogP contribution is -2.17. The Morgan fingerprint density at radius 3 is 2.31 bits per heavy atom. The molecule has 0 bridgehead atoms. The lowest BCUT2D eigenvalue weighted by atomic mass is 10.2. The van der Waals surface area contributed by atoms with E-state index in [2.05, 4.69) is 0 Å². The molecule has 66 valence electrons. The molecule has 0 heterocycles. The number of amides is 1. The monoisotopic (exact) mass is 214 g/mol. The van der Waals surface area contributed by atoms with E-state index >= 15 is 0 Å². The number of nitrogens with zero attached hydrogens (tertiary/aromatic N) is 1. The van der Waals surface area contributed by atoms with E-state index in [4.69, 9.17) is 28.5 Å². The van der Waals surface area contributed by atoms with Crippen LogP contribution in [0.2, 0.25) is 10.0 Å². The van der Waals surface area contributed by atoms with E-state index in [-0.39, 0.29) is 5.56 Å². The third-order valence-electron chi connectivity index (χ3n) is 1.29. The van der Waals surface area contributed by atoms with Gasteiger partial charge in [-0.25, -0.2) is 0 Å². The molecule has 1 amide bonds. The molecule has 1 N–H and O–H groups in total. The summed E-state index contributed by atoms with van der Waals surface area (Å²) < 4.78 is 0. The first-order chi connectivity index (χ1) is 6.13. The molecule has 0 spiro atoms. The summed E-state index contributed by atoms with van der Waals surface area (Å²) in [6.07, 6.45) is 1.52. The number of hydrogen-bond donors (Lipinski definition) is 1. The molecule has 0 aliphatic heterocycles. The van der Waals surface area contributed by atoms with Gasteiger partial charge in [-0.1, -0.05) is 23.2 Å². The minimum atomic E-state index is -0.521. The van der Waals surface area contributed by atoms with E-state index in [0.29, 0.717) is 10.0 Å². The highest BCUT2D eigenvalue weighted by Crippen LogP contribution is 2.18. The Balaban J connectivity index is 3.02. The number of nitrogens with one attached hydrogen (secondary N) is 1. The first-order valence-corrected chi connectivity index (χ1v) is 4.04. The van der Waals surface area contributed by atoms with Crippen LogP contribution in [0.1, 0.15) is 10.4 Å². The van der Waals surface area contributed by atoms with Crippen LogP contribution in [0, 0.1) is 11.5 Å². The highest BCUT2D eigenvalue weighted by Gasteiger charge is 2.06. The molecule has 1 aromatic carbocycles. The molecule has 5 heteroatoms. The van der Waals surface area contributed by atoms with Crippen molar-refractivity contribution in [3.8, 4) is 6.19 Å². The third kappa shape index (κ3) is 2.62. The summed E-state index contributed by atoms with van der Waals surface area (Å²) in [5.41, 5.74) is 0.263. The molecule has 0 aromatic heterocycles. The van der Waals surface area contributed by atoms with E-state index in [1.165, 1.54) is 24.4 Å². The van der Waals surface area contributed by atoms with Gasteiger partial charge >= 0.3 is 0 Å². The van der Waals surface area contributed by atoms with E-state index in [1.54, 1.807) is 0 Å². The average molecular weight is 215 g/mol.